The lowest BCUT2D eigenvalue weighted by Gasteiger charge is -2.38. The van der Waals surface area contributed by atoms with Gasteiger partial charge in [0, 0.05) is 44.6 Å². The standard InChI is InChI=1S/C19H23N3O2.3C2HF3O2/c1-3-16(12-20-7-1)14-22-9-5-19(6-10-22)11-18(15-23-19)24-17-4-2-8-21-13-17;3*3-2(4,5)1(6)7/h1-4,7-8,12-13,18H,5-6,9-11,14-15H2;3*(H,6,7). The third-order valence-corrected chi connectivity index (χ3v) is 5.74. The van der Waals surface area contributed by atoms with Crippen LogP contribution in [0, 0.1) is 0 Å². The van der Waals surface area contributed by atoms with Crippen molar-refractivity contribution in [1.82, 2.24) is 14.9 Å². The number of rotatable bonds is 4. The van der Waals surface area contributed by atoms with Crippen molar-refractivity contribution in [3.05, 3.63) is 54.6 Å². The van der Waals surface area contributed by atoms with Crippen LogP contribution < -0.4 is 4.74 Å². The number of piperidine rings is 1. The van der Waals surface area contributed by atoms with E-state index in [1.165, 1.54) is 5.56 Å². The van der Waals surface area contributed by atoms with Crippen molar-refractivity contribution >= 4 is 17.9 Å². The molecule has 0 bridgehead atoms. The summed E-state index contributed by atoms with van der Waals surface area (Å²) in [5.74, 6) is -7.44. The number of carbonyl (C=O) groups is 3. The number of alkyl halides is 9. The molecule has 2 fully saturated rings. The highest BCUT2D eigenvalue weighted by Gasteiger charge is 2.44. The summed E-state index contributed by atoms with van der Waals surface area (Å²) in [5.41, 5.74) is 1.27. The van der Waals surface area contributed by atoms with Gasteiger partial charge in [-0.05, 0) is 36.6 Å². The van der Waals surface area contributed by atoms with Gasteiger partial charge in [0.1, 0.15) is 11.9 Å². The number of nitrogens with zero attached hydrogens (tertiary/aromatic N) is 3. The molecule has 252 valence electrons. The first-order valence-corrected chi connectivity index (χ1v) is 12.4. The van der Waals surface area contributed by atoms with E-state index in [-0.39, 0.29) is 11.7 Å². The molecule has 45 heavy (non-hydrogen) atoms. The Labute approximate surface area is 248 Å². The molecule has 2 aromatic heterocycles. The maximum Gasteiger partial charge on any atom is 0.490 e. The van der Waals surface area contributed by atoms with Crippen molar-refractivity contribution in [3.8, 4) is 5.75 Å². The maximum atomic E-state index is 10.6. The van der Waals surface area contributed by atoms with Gasteiger partial charge in [-0.1, -0.05) is 6.07 Å². The zero-order valence-electron chi connectivity index (χ0n) is 22.8. The molecule has 11 nitrogen and oxygen atoms in total. The average Bonchev–Trinajstić information content (AvgIpc) is 3.32. The Morgan fingerprint density at radius 2 is 1.27 bits per heavy atom. The third kappa shape index (κ3) is 15.4. The predicted octanol–water partition coefficient (Wildman–Crippen LogP) is 4.58. The van der Waals surface area contributed by atoms with Crippen molar-refractivity contribution < 1.29 is 78.7 Å². The number of hydrogen-bond donors (Lipinski definition) is 3. The maximum absolute atomic E-state index is 10.6. The summed E-state index contributed by atoms with van der Waals surface area (Å²) >= 11 is 0. The lowest BCUT2D eigenvalue weighted by Crippen LogP contribution is -2.44. The highest BCUT2D eigenvalue weighted by atomic mass is 19.4. The lowest BCUT2D eigenvalue weighted by molar-refractivity contribution is -0.193. The largest absolute Gasteiger partial charge is 0.490 e. The van der Waals surface area contributed by atoms with Crippen LogP contribution >= 0.6 is 0 Å². The van der Waals surface area contributed by atoms with Gasteiger partial charge in [0.25, 0.3) is 0 Å². The van der Waals surface area contributed by atoms with Crippen molar-refractivity contribution in [3.63, 3.8) is 0 Å². The van der Waals surface area contributed by atoms with Gasteiger partial charge in [-0.2, -0.15) is 39.5 Å². The van der Waals surface area contributed by atoms with Gasteiger partial charge < -0.3 is 24.8 Å². The molecule has 2 saturated heterocycles. The van der Waals surface area contributed by atoms with Crippen LogP contribution in [0.5, 0.6) is 5.75 Å². The van der Waals surface area contributed by atoms with E-state index in [9.17, 15) is 39.5 Å². The first-order chi connectivity index (χ1) is 20.6. The average molecular weight is 667 g/mol. The van der Waals surface area contributed by atoms with Crippen LogP contribution in [0.15, 0.2) is 49.1 Å². The lowest BCUT2D eigenvalue weighted by atomic mass is 9.88. The highest BCUT2D eigenvalue weighted by Crippen LogP contribution is 2.37. The molecule has 3 N–H and O–H groups in total. The van der Waals surface area contributed by atoms with Gasteiger partial charge in [-0.15, -0.1) is 0 Å². The number of hydrogen-bond acceptors (Lipinski definition) is 8. The minimum atomic E-state index is -5.08. The fourth-order valence-electron chi connectivity index (χ4n) is 3.70. The molecule has 0 saturated carbocycles. The van der Waals surface area contributed by atoms with E-state index in [0.717, 1.165) is 44.6 Å². The van der Waals surface area contributed by atoms with Crippen molar-refractivity contribution in [2.45, 2.75) is 56.0 Å². The molecule has 4 heterocycles. The quantitative estimate of drug-likeness (QED) is 0.392. The number of carboxylic acids is 3. The monoisotopic (exact) mass is 667 g/mol. The summed E-state index contributed by atoms with van der Waals surface area (Å²) in [5, 5.41) is 21.4. The van der Waals surface area contributed by atoms with Gasteiger partial charge >= 0.3 is 36.4 Å². The second-order valence-electron chi connectivity index (χ2n) is 9.17. The SMILES string of the molecule is O=C(O)C(F)(F)F.O=C(O)C(F)(F)F.O=C(O)C(F)(F)F.c1cncc(CN2CCC3(CC2)CC(Oc2cccnc2)CO3)c1. The second-order valence-corrected chi connectivity index (χ2v) is 9.17. The Balaban J connectivity index is 0.000000396. The van der Waals surface area contributed by atoms with Crippen LogP contribution in [0.25, 0.3) is 0 Å². The summed E-state index contributed by atoms with van der Waals surface area (Å²) in [7, 11) is 0. The van der Waals surface area contributed by atoms with Gasteiger partial charge in [-0.3, -0.25) is 14.9 Å². The first-order valence-electron chi connectivity index (χ1n) is 12.4. The molecule has 4 rings (SSSR count). The van der Waals surface area contributed by atoms with Crippen LogP contribution in [-0.4, -0.2) is 98.0 Å². The fourth-order valence-corrected chi connectivity index (χ4v) is 3.70. The predicted molar refractivity (Wildman–Crippen MR) is 132 cm³/mol. The minimum absolute atomic E-state index is 0.00167. The molecule has 1 spiro atoms. The van der Waals surface area contributed by atoms with Crippen molar-refractivity contribution in [2.24, 2.45) is 0 Å². The topological polar surface area (TPSA) is 159 Å². The van der Waals surface area contributed by atoms with E-state index in [1.807, 2.05) is 30.6 Å². The Kier molecular flexibility index (Phi) is 14.5. The summed E-state index contributed by atoms with van der Waals surface area (Å²) in [6.07, 6.45) is -4.70. The molecule has 0 radical (unpaired) electrons. The Hall–Kier alpha value is -4.20. The van der Waals surface area contributed by atoms with Gasteiger partial charge in [0.05, 0.1) is 18.4 Å². The molecular weight excluding hydrogens is 641 g/mol. The van der Waals surface area contributed by atoms with Crippen LogP contribution in [0.2, 0.25) is 0 Å². The molecule has 1 unspecified atom stereocenters. The molecule has 1 atom stereocenters. The third-order valence-electron chi connectivity index (χ3n) is 5.74. The summed E-state index contributed by atoms with van der Waals surface area (Å²) in [6.45, 7) is 3.78. The Morgan fingerprint density at radius 3 is 1.64 bits per heavy atom. The molecule has 20 heteroatoms. The number of halogens is 9. The number of aliphatic carboxylic acids is 3. The number of pyridine rings is 2. The second kappa shape index (κ2) is 16.8. The van der Waals surface area contributed by atoms with Gasteiger partial charge in [-0.25, -0.2) is 14.4 Å². The normalized spacial score (nSPS) is 17.8. The van der Waals surface area contributed by atoms with Crippen molar-refractivity contribution in [1.29, 1.82) is 0 Å². The van der Waals surface area contributed by atoms with Gasteiger partial charge in [0.2, 0.25) is 0 Å². The number of carboxylic acid groups (broad SMARTS) is 3. The van der Waals surface area contributed by atoms with Crippen LogP contribution in [0.3, 0.4) is 0 Å². The van der Waals surface area contributed by atoms with Crippen LogP contribution in [0.4, 0.5) is 39.5 Å². The molecule has 0 aromatic carbocycles. The molecule has 2 aromatic rings. The zero-order valence-corrected chi connectivity index (χ0v) is 22.8. The first kappa shape index (κ1) is 38.8. The van der Waals surface area contributed by atoms with Crippen molar-refractivity contribution in [2.75, 3.05) is 19.7 Å². The Bertz CT molecular complexity index is 1150. The molecule has 2 aliphatic rings. The van der Waals surface area contributed by atoms with Gasteiger partial charge in [0.15, 0.2) is 0 Å². The van der Waals surface area contributed by atoms with E-state index in [0.29, 0.717) is 6.61 Å². The van der Waals surface area contributed by atoms with E-state index in [2.05, 4.69) is 20.9 Å². The summed E-state index contributed by atoms with van der Waals surface area (Å²) < 4.78 is 107. The molecule has 0 amide bonds. The minimum Gasteiger partial charge on any atom is -0.486 e. The van der Waals surface area contributed by atoms with Crippen LogP contribution in [0.1, 0.15) is 24.8 Å². The smallest absolute Gasteiger partial charge is 0.486 e. The number of likely N-dealkylation sites (tertiary alicyclic amines) is 1. The fraction of sp³-hybridized carbons (Fsp3) is 0.480. The molecular formula is C25H26F9N3O8. The summed E-state index contributed by atoms with van der Waals surface area (Å²) in [4.78, 5) is 37.5. The van der Waals surface area contributed by atoms with E-state index in [1.54, 1.807) is 12.4 Å². The van der Waals surface area contributed by atoms with Crippen LogP contribution in [-0.2, 0) is 25.7 Å². The Morgan fingerprint density at radius 1 is 0.822 bits per heavy atom. The number of aromatic nitrogens is 2. The highest BCUT2D eigenvalue weighted by molar-refractivity contribution is 5.73. The number of ether oxygens (including phenoxy) is 2. The van der Waals surface area contributed by atoms with E-state index >= 15 is 0 Å². The molecule has 2 aliphatic heterocycles. The summed E-state index contributed by atoms with van der Waals surface area (Å²) in [6, 6.07) is 7.99. The molecule has 0 aliphatic carbocycles. The van der Waals surface area contributed by atoms with E-state index < -0.39 is 36.4 Å². The zero-order chi connectivity index (χ0) is 34.5. The van der Waals surface area contributed by atoms with E-state index in [4.69, 9.17) is 39.2 Å².